The van der Waals surface area contributed by atoms with Gasteiger partial charge in [0.15, 0.2) is 10.8 Å². The number of carbonyl (C=O) groups excluding carboxylic acids is 1. The number of benzene rings is 1. The standard InChI is InChI=1S/C22H20N8O3S2/c1-3-29-13-18(14(2)27-29)19-8-9-23-20-17(12-25-30(19)20)21(31)26-15-4-6-16(7-5-15)35(32,33)28-22-24-10-11-34-22/h4-13H,3H2,1-2H3,(H,24,28)(H,26,31). The molecule has 0 aliphatic carbocycles. The van der Waals surface area contributed by atoms with E-state index in [0.29, 0.717) is 11.3 Å². The zero-order valence-electron chi connectivity index (χ0n) is 18.7. The molecular weight excluding hydrogens is 488 g/mol. The third-order valence-corrected chi connectivity index (χ3v) is 7.44. The van der Waals surface area contributed by atoms with Gasteiger partial charge in [-0.3, -0.25) is 14.2 Å². The van der Waals surface area contributed by atoms with Crippen LogP contribution in [-0.2, 0) is 16.6 Å². The van der Waals surface area contributed by atoms with Crippen LogP contribution in [0.4, 0.5) is 10.8 Å². The number of aromatic nitrogens is 6. The van der Waals surface area contributed by atoms with Crippen molar-refractivity contribution in [2.45, 2.75) is 25.3 Å². The minimum absolute atomic E-state index is 0.0518. The molecule has 1 amide bonds. The predicted molar refractivity (Wildman–Crippen MR) is 132 cm³/mol. The van der Waals surface area contributed by atoms with E-state index < -0.39 is 15.9 Å². The number of nitrogens with zero attached hydrogens (tertiary/aromatic N) is 6. The summed E-state index contributed by atoms with van der Waals surface area (Å²) in [5.74, 6) is -0.415. The molecule has 0 saturated heterocycles. The first-order valence-corrected chi connectivity index (χ1v) is 12.9. The van der Waals surface area contributed by atoms with Gasteiger partial charge in [-0.2, -0.15) is 10.2 Å². The predicted octanol–water partition coefficient (Wildman–Crippen LogP) is 3.43. The van der Waals surface area contributed by atoms with Gasteiger partial charge >= 0.3 is 0 Å². The molecule has 0 spiro atoms. The molecule has 0 aliphatic rings. The van der Waals surface area contributed by atoms with Crippen LogP contribution in [0.15, 0.2) is 65.4 Å². The second kappa shape index (κ2) is 8.92. The van der Waals surface area contributed by atoms with E-state index >= 15 is 0 Å². The number of nitrogens with one attached hydrogen (secondary N) is 2. The number of thiazole rings is 1. The highest BCUT2D eigenvalue weighted by Crippen LogP contribution is 2.25. The Kier molecular flexibility index (Phi) is 5.78. The van der Waals surface area contributed by atoms with Gasteiger partial charge in [0.25, 0.3) is 15.9 Å². The van der Waals surface area contributed by atoms with Crippen molar-refractivity contribution in [3.05, 3.63) is 71.8 Å². The Morgan fingerprint density at radius 3 is 2.60 bits per heavy atom. The van der Waals surface area contributed by atoms with Crippen LogP contribution < -0.4 is 10.0 Å². The molecule has 5 aromatic rings. The van der Waals surface area contributed by atoms with Gasteiger partial charge in [0, 0.05) is 41.8 Å². The van der Waals surface area contributed by atoms with E-state index in [1.165, 1.54) is 48.0 Å². The van der Waals surface area contributed by atoms with E-state index in [4.69, 9.17) is 0 Å². The van der Waals surface area contributed by atoms with Crippen LogP contribution >= 0.6 is 11.3 Å². The monoisotopic (exact) mass is 508 g/mol. The molecule has 0 unspecified atom stereocenters. The Bertz CT molecular complexity index is 1620. The summed E-state index contributed by atoms with van der Waals surface area (Å²) in [6.45, 7) is 4.66. The molecule has 0 fully saturated rings. The summed E-state index contributed by atoms with van der Waals surface area (Å²) in [4.78, 5) is 21.3. The maximum Gasteiger partial charge on any atom is 0.263 e. The van der Waals surface area contributed by atoms with Gasteiger partial charge in [0.1, 0.15) is 5.56 Å². The molecule has 4 aromatic heterocycles. The molecule has 35 heavy (non-hydrogen) atoms. The topological polar surface area (TPSA) is 136 Å². The first kappa shape index (κ1) is 22.7. The third-order valence-electron chi connectivity index (χ3n) is 5.27. The molecule has 0 bridgehead atoms. The van der Waals surface area contributed by atoms with Crippen LogP contribution in [0.25, 0.3) is 16.9 Å². The molecule has 5 rings (SSSR count). The Morgan fingerprint density at radius 1 is 1.11 bits per heavy atom. The van der Waals surface area contributed by atoms with Crippen molar-refractivity contribution in [1.29, 1.82) is 0 Å². The molecule has 0 aliphatic heterocycles. The minimum Gasteiger partial charge on any atom is -0.322 e. The average Bonchev–Trinajstić information content (AvgIpc) is 3.59. The maximum atomic E-state index is 13.0. The molecule has 0 atom stereocenters. The van der Waals surface area contributed by atoms with Gasteiger partial charge in [0.05, 0.1) is 22.5 Å². The quantitative estimate of drug-likeness (QED) is 0.344. The molecule has 11 nitrogen and oxygen atoms in total. The van der Waals surface area contributed by atoms with Crippen molar-refractivity contribution in [2.75, 3.05) is 10.0 Å². The van der Waals surface area contributed by atoms with E-state index in [2.05, 4.69) is 30.2 Å². The van der Waals surface area contributed by atoms with Crippen LogP contribution in [0.1, 0.15) is 23.0 Å². The number of anilines is 2. The molecule has 0 saturated carbocycles. The van der Waals surface area contributed by atoms with Gasteiger partial charge < -0.3 is 5.32 Å². The summed E-state index contributed by atoms with van der Waals surface area (Å²) in [7, 11) is -3.78. The van der Waals surface area contributed by atoms with Crippen LogP contribution in [0.3, 0.4) is 0 Å². The number of amides is 1. The Hall–Kier alpha value is -4.10. The molecule has 4 heterocycles. The van der Waals surface area contributed by atoms with Gasteiger partial charge in [-0.15, -0.1) is 11.3 Å². The second-order valence-corrected chi connectivity index (χ2v) is 10.1. The number of hydrogen-bond acceptors (Lipinski definition) is 8. The first-order valence-electron chi connectivity index (χ1n) is 10.6. The van der Waals surface area contributed by atoms with E-state index in [-0.39, 0.29) is 15.6 Å². The number of sulfonamides is 1. The summed E-state index contributed by atoms with van der Waals surface area (Å²) in [5, 5.41) is 13.6. The lowest BCUT2D eigenvalue weighted by molar-refractivity contribution is 0.102. The highest BCUT2D eigenvalue weighted by molar-refractivity contribution is 7.93. The number of aryl methyl sites for hydroxylation is 2. The summed E-state index contributed by atoms with van der Waals surface area (Å²) in [5.41, 5.74) is 3.63. The molecule has 1 aromatic carbocycles. The average molecular weight is 509 g/mol. The van der Waals surface area contributed by atoms with Gasteiger partial charge in [0.2, 0.25) is 0 Å². The Labute approximate surface area is 204 Å². The van der Waals surface area contributed by atoms with E-state index in [1.807, 2.05) is 30.8 Å². The van der Waals surface area contributed by atoms with Gasteiger partial charge in [-0.1, -0.05) is 0 Å². The highest BCUT2D eigenvalue weighted by Gasteiger charge is 2.19. The third kappa shape index (κ3) is 4.38. The summed E-state index contributed by atoms with van der Waals surface area (Å²) in [6, 6.07) is 7.67. The Balaban J connectivity index is 1.38. The highest BCUT2D eigenvalue weighted by atomic mass is 32.2. The van der Waals surface area contributed by atoms with E-state index in [0.717, 1.165) is 23.5 Å². The summed E-state index contributed by atoms with van der Waals surface area (Å²) >= 11 is 1.18. The Morgan fingerprint density at radius 2 is 1.91 bits per heavy atom. The van der Waals surface area contributed by atoms with Crippen molar-refractivity contribution >= 4 is 43.7 Å². The molecular formula is C22H20N8O3S2. The van der Waals surface area contributed by atoms with Gasteiger partial charge in [-0.25, -0.2) is 22.9 Å². The second-order valence-electron chi connectivity index (χ2n) is 7.53. The number of fused-ring (bicyclic) bond motifs is 1. The lowest BCUT2D eigenvalue weighted by Crippen LogP contribution is -2.14. The number of rotatable bonds is 7. The fourth-order valence-corrected chi connectivity index (χ4v) is 5.34. The summed E-state index contributed by atoms with van der Waals surface area (Å²) in [6.07, 6.45) is 6.53. The maximum absolute atomic E-state index is 13.0. The molecule has 0 radical (unpaired) electrons. The van der Waals surface area contributed by atoms with Crippen molar-refractivity contribution in [2.24, 2.45) is 0 Å². The number of carbonyl (C=O) groups is 1. The fraction of sp³-hybridized carbons (Fsp3) is 0.136. The number of hydrogen-bond donors (Lipinski definition) is 2. The van der Waals surface area contributed by atoms with Crippen LogP contribution in [0, 0.1) is 6.92 Å². The minimum atomic E-state index is -3.78. The summed E-state index contributed by atoms with van der Waals surface area (Å²) < 4.78 is 30.9. The SMILES string of the molecule is CCn1cc(-c2ccnc3c(C(=O)Nc4ccc(S(=O)(=O)Nc5nccs5)cc4)cnn23)c(C)n1. The lowest BCUT2D eigenvalue weighted by atomic mass is 10.2. The molecule has 2 N–H and O–H groups in total. The lowest BCUT2D eigenvalue weighted by Gasteiger charge is -2.08. The molecule has 13 heteroatoms. The van der Waals surface area contributed by atoms with Crippen molar-refractivity contribution < 1.29 is 13.2 Å². The first-order chi connectivity index (χ1) is 16.9. The van der Waals surface area contributed by atoms with Crippen molar-refractivity contribution in [1.82, 2.24) is 29.4 Å². The van der Waals surface area contributed by atoms with E-state index in [9.17, 15) is 13.2 Å². The molecule has 178 valence electrons. The van der Waals surface area contributed by atoms with Crippen molar-refractivity contribution in [3.8, 4) is 11.3 Å². The van der Waals surface area contributed by atoms with Crippen LogP contribution in [0.2, 0.25) is 0 Å². The van der Waals surface area contributed by atoms with Crippen molar-refractivity contribution in [3.63, 3.8) is 0 Å². The zero-order valence-corrected chi connectivity index (χ0v) is 20.3. The smallest absolute Gasteiger partial charge is 0.263 e. The zero-order chi connectivity index (χ0) is 24.6. The van der Waals surface area contributed by atoms with Crippen LogP contribution in [-0.4, -0.2) is 43.7 Å². The van der Waals surface area contributed by atoms with E-state index in [1.54, 1.807) is 16.1 Å². The van der Waals surface area contributed by atoms with Crippen LogP contribution in [0.5, 0.6) is 0 Å². The fourth-order valence-electron chi connectivity index (χ4n) is 3.55. The normalized spacial score (nSPS) is 11.6. The largest absolute Gasteiger partial charge is 0.322 e. The van der Waals surface area contributed by atoms with Gasteiger partial charge in [-0.05, 0) is 44.2 Å².